The van der Waals surface area contributed by atoms with Crippen LogP contribution in [0.3, 0.4) is 0 Å². The summed E-state index contributed by atoms with van der Waals surface area (Å²) < 4.78 is 43.4. The van der Waals surface area contributed by atoms with Gasteiger partial charge in [-0.25, -0.2) is 0 Å². The molecule has 0 aromatic heterocycles. The standard InChI is InChI=1S/C43H56B2N4O9.C19H27BN2O5/c1-26-17-29(20-30(18-26)25-57-39-23-35-32(21-38(39)54-6)42(51)46-14-9-11-33(46)28(3)48(35)44(4)52)24-56-37-22-36-31(19-27(37)2)41(50)47-15-10-12-34(47)43(49(36)45(5)53)58-40-13-7-8-16-55-40;1-12-10-13-15(11-16(12)23)22(20(2)25)19(27-17-7-3-4-9-26-17)14-6-5-8-21(14)18(13)24/h17-23,28,33-34,40,43,52-53H,7-16,24-25H2,1-6H3;10-11,14,17,19,23,25H,3-9H2,1-2H3/t28-,33-,34-,40?,43-;14-,17?,19-/m00/s1. The third-order valence-electron chi connectivity index (χ3n) is 18.3. The number of carbonyl (C=O) groups is 3. The van der Waals surface area contributed by atoms with Crippen molar-refractivity contribution in [3.8, 4) is 23.0 Å². The minimum atomic E-state index is -0.940. The Morgan fingerprint density at radius 2 is 0.965 bits per heavy atom. The molecule has 0 saturated carbocycles. The number of ether oxygens (including phenoxy) is 7. The van der Waals surface area contributed by atoms with Gasteiger partial charge < -0.3 is 82.5 Å². The molecule has 8 aliphatic rings. The first kappa shape index (κ1) is 60.5. The minimum absolute atomic E-state index is 0.0111. The Hall–Kier alpha value is -6.20. The van der Waals surface area contributed by atoms with E-state index in [1.807, 2.05) is 62.4 Å². The Balaban J connectivity index is 0.000000232. The predicted octanol–water partition coefficient (Wildman–Crippen LogP) is 7.90. The highest BCUT2D eigenvalue weighted by Gasteiger charge is 2.49. The summed E-state index contributed by atoms with van der Waals surface area (Å²) in [5.74, 6) is 1.43. The molecule has 85 heavy (non-hydrogen) atoms. The highest BCUT2D eigenvalue weighted by molar-refractivity contribution is 6.55. The van der Waals surface area contributed by atoms with E-state index in [2.05, 4.69) is 19.1 Å². The average molecular weight is 1170 g/mol. The van der Waals surface area contributed by atoms with Crippen molar-refractivity contribution in [2.24, 2.45) is 0 Å². The Morgan fingerprint density at radius 1 is 0.518 bits per heavy atom. The van der Waals surface area contributed by atoms with Gasteiger partial charge in [0.1, 0.15) is 37.2 Å². The number of benzene rings is 4. The van der Waals surface area contributed by atoms with Crippen molar-refractivity contribution in [3.05, 3.63) is 99.1 Å². The molecule has 0 bridgehead atoms. The van der Waals surface area contributed by atoms with E-state index in [0.717, 1.165) is 99.3 Å². The Kier molecular flexibility index (Phi) is 18.2. The summed E-state index contributed by atoms with van der Waals surface area (Å²) in [7, 11) is -1.07. The highest BCUT2D eigenvalue weighted by atomic mass is 16.7. The molecular formula is C62H83B3N6O14. The third-order valence-corrected chi connectivity index (χ3v) is 18.3. The lowest BCUT2D eigenvalue weighted by Gasteiger charge is -2.40. The van der Waals surface area contributed by atoms with Crippen molar-refractivity contribution >= 4 is 55.9 Å². The highest BCUT2D eigenvalue weighted by Crippen LogP contribution is 2.45. The van der Waals surface area contributed by atoms with Crippen LogP contribution in [0.1, 0.15) is 143 Å². The molecular weight excluding hydrogens is 1090 g/mol. The van der Waals surface area contributed by atoms with E-state index in [4.69, 9.17) is 33.2 Å². The van der Waals surface area contributed by atoms with Gasteiger partial charge in [-0.05, 0) is 172 Å². The number of carbonyl (C=O) groups excluding carboxylic acids is 3. The van der Waals surface area contributed by atoms with E-state index < -0.39 is 39.9 Å². The van der Waals surface area contributed by atoms with Gasteiger partial charge in [-0.2, -0.15) is 0 Å². The number of fused-ring (bicyclic) bond motifs is 6. The molecule has 8 atom stereocenters. The van der Waals surface area contributed by atoms with Crippen LogP contribution >= 0.6 is 0 Å². The normalized spacial score (nSPS) is 25.3. The number of methoxy groups -OCH3 is 1. The summed E-state index contributed by atoms with van der Waals surface area (Å²) in [6.45, 7) is 16.7. The molecule has 0 radical (unpaired) electrons. The molecule has 2 unspecified atom stereocenters. The van der Waals surface area contributed by atoms with Gasteiger partial charge in [0.15, 0.2) is 24.1 Å². The minimum Gasteiger partial charge on any atom is -0.508 e. The van der Waals surface area contributed by atoms with E-state index in [9.17, 15) is 34.6 Å². The van der Waals surface area contributed by atoms with Crippen LogP contribution in [-0.4, -0.2) is 163 Å². The van der Waals surface area contributed by atoms with Crippen molar-refractivity contribution in [2.45, 2.75) is 188 Å². The van der Waals surface area contributed by atoms with E-state index in [0.29, 0.717) is 89.4 Å². The summed E-state index contributed by atoms with van der Waals surface area (Å²) >= 11 is 0. The summed E-state index contributed by atoms with van der Waals surface area (Å²) in [4.78, 5) is 52.3. The fourth-order valence-electron chi connectivity index (χ4n) is 14.3. The molecule has 3 amide bonds. The lowest BCUT2D eigenvalue weighted by atomic mass is 9.80. The number of hydrogen-bond acceptors (Lipinski definition) is 17. The number of aryl methyl sites for hydroxylation is 3. The van der Waals surface area contributed by atoms with Crippen molar-refractivity contribution in [2.75, 3.05) is 54.4 Å². The van der Waals surface area contributed by atoms with Crippen LogP contribution in [0.2, 0.25) is 20.5 Å². The molecule has 5 fully saturated rings. The number of hydrogen-bond donors (Lipinski definition) is 4. The largest absolute Gasteiger partial charge is 0.508 e. The summed E-state index contributed by atoms with van der Waals surface area (Å²) in [5, 5.41) is 43.1. The zero-order chi connectivity index (χ0) is 60.0. The first-order valence-electron chi connectivity index (χ1n) is 30.8. The smallest absolute Gasteiger partial charge is 0.411 e. The molecule has 0 aliphatic carbocycles. The van der Waals surface area contributed by atoms with Crippen LogP contribution in [0.4, 0.5) is 17.1 Å². The Morgan fingerprint density at radius 3 is 1.46 bits per heavy atom. The van der Waals surface area contributed by atoms with Crippen LogP contribution in [0, 0.1) is 20.8 Å². The summed E-state index contributed by atoms with van der Waals surface area (Å²) in [5.41, 5.74) is 7.56. The number of rotatable bonds is 14. The van der Waals surface area contributed by atoms with E-state index in [1.54, 1.807) is 57.5 Å². The van der Waals surface area contributed by atoms with Gasteiger partial charge >= 0.3 is 21.2 Å². The Bertz CT molecular complexity index is 3110. The number of amides is 3. The van der Waals surface area contributed by atoms with Gasteiger partial charge in [-0.1, -0.05) is 17.7 Å². The topological polar surface area (TPSA) is 216 Å². The lowest BCUT2D eigenvalue weighted by molar-refractivity contribution is -0.194. The second-order valence-electron chi connectivity index (χ2n) is 24.3. The third kappa shape index (κ3) is 12.2. The van der Waals surface area contributed by atoms with Crippen molar-refractivity contribution in [1.29, 1.82) is 0 Å². The van der Waals surface area contributed by atoms with Crippen LogP contribution in [-0.2, 0) is 32.2 Å². The van der Waals surface area contributed by atoms with E-state index in [1.165, 1.54) is 0 Å². The van der Waals surface area contributed by atoms with Gasteiger partial charge in [0.2, 0.25) is 0 Å². The molecule has 4 aromatic carbocycles. The zero-order valence-electron chi connectivity index (χ0n) is 50.5. The second kappa shape index (κ2) is 25.6. The van der Waals surface area contributed by atoms with E-state index in [-0.39, 0.29) is 67.1 Å². The van der Waals surface area contributed by atoms with Crippen LogP contribution in [0.15, 0.2) is 54.6 Å². The predicted molar refractivity (Wildman–Crippen MR) is 324 cm³/mol. The molecule has 12 rings (SSSR count). The number of nitrogens with zero attached hydrogens (tertiary/aromatic N) is 6. The summed E-state index contributed by atoms with van der Waals surface area (Å²) in [6, 6.07) is 16.3. The number of anilines is 3. The zero-order valence-corrected chi connectivity index (χ0v) is 50.5. The number of phenolic OH excluding ortho intramolecular Hbond substituents is 1. The second-order valence-corrected chi connectivity index (χ2v) is 24.3. The molecule has 8 heterocycles. The van der Waals surface area contributed by atoms with Gasteiger partial charge in [-0.15, -0.1) is 0 Å². The van der Waals surface area contributed by atoms with Crippen molar-refractivity contribution < 1.29 is 67.7 Å². The van der Waals surface area contributed by atoms with Crippen LogP contribution in [0.5, 0.6) is 23.0 Å². The SMILES string of the molecule is CB(O)N1c2cc(O)c(C)cc2C(=O)N2CCC[C@H]2[C@@H]1OC1CCCCO1.COc1cc2c(cc1OCc1cc(C)cc(COc3cc4c(cc3C)C(=O)N3CCC[C@H]3[C@H](OC3CCCCO3)N4B(C)O)c1)N(B(C)O)[C@@H](C)[C@@H]1CCCN1C2=O. The molecule has 0 spiro atoms. The van der Waals surface area contributed by atoms with Gasteiger partial charge in [0, 0.05) is 74.2 Å². The molecule has 20 nitrogen and oxygen atoms in total. The molecule has 23 heteroatoms. The fourth-order valence-corrected chi connectivity index (χ4v) is 14.3. The summed E-state index contributed by atoms with van der Waals surface area (Å²) in [6.07, 6.45) is 8.97. The lowest BCUT2D eigenvalue weighted by Crippen LogP contribution is -2.56. The van der Waals surface area contributed by atoms with Gasteiger partial charge in [-0.3, -0.25) is 14.4 Å². The quantitative estimate of drug-likeness (QED) is 0.0883. The first-order valence-corrected chi connectivity index (χ1v) is 30.8. The molecule has 8 aliphatic heterocycles. The molecule has 454 valence electrons. The van der Waals surface area contributed by atoms with Crippen molar-refractivity contribution in [1.82, 2.24) is 14.7 Å². The van der Waals surface area contributed by atoms with E-state index >= 15 is 0 Å². The van der Waals surface area contributed by atoms with Gasteiger partial charge in [0.25, 0.3) is 17.7 Å². The molecule has 4 N–H and O–H groups in total. The maximum atomic E-state index is 14.1. The van der Waals surface area contributed by atoms with Crippen LogP contribution < -0.4 is 28.6 Å². The maximum absolute atomic E-state index is 14.1. The fraction of sp³-hybridized carbons (Fsp3) is 0.565. The maximum Gasteiger partial charge on any atom is 0.411 e. The monoisotopic (exact) mass is 1170 g/mol. The van der Waals surface area contributed by atoms with Crippen molar-refractivity contribution in [3.63, 3.8) is 0 Å². The first-order chi connectivity index (χ1) is 40.9. The van der Waals surface area contributed by atoms with Gasteiger partial charge in [0.05, 0.1) is 41.9 Å². The number of aromatic hydroxyl groups is 1. The number of phenols is 1. The Labute approximate surface area is 500 Å². The van der Waals surface area contributed by atoms with Crippen LogP contribution in [0.25, 0.3) is 0 Å². The molecule has 5 saturated heterocycles. The molecule has 4 aromatic rings. The average Bonchev–Trinajstić information content (AvgIpc) is 1.89.